The molecule has 2 aliphatic heterocycles. The fourth-order valence-electron chi connectivity index (χ4n) is 3.52. The highest BCUT2D eigenvalue weighted by atomic mass is 35.5. The summed E-state index contributed by atoms with van der Waals surface area (Å²) in [6, 6.07) is 7.28. The number of hydrogen-bond donors (Lipinski definition) is 1. The Morgan fingerprint density at radius 1 is 1.24 bits per heavy atom. The molecule has 2 heterocycles. The van der Waals surface area contributed by atoms with Gasteiger partial charge in [-0.2, -0.15) is 0 Å². The maximum atomic E-state index is 6.43. The van der Waals surface area contributed by atoms with Crippen LogP contribution in [0, 0.1) is 0 Å². The summed E-state index contributed by atoms with van der Waals surface area (Å²) in [6.07, 6.45) is 4.04. The summed E-state index contributed by atoms with van der Waals surface area (Å²) in [6.45, 7) is 8.84. The van der Waals surface area contributed by atoms with E-state index in [1.54, 1.807) is 0 Å². The highest BCUT2D eigenvalue weighted by Gasteiger charge is 2.29. The van der Waals surface area contributed by atoms with Gasteiger partial charge in [0.25, 0.3) is 0 Å². The predicted molar refractivity (Wildman–Crippen MR) is 90.3 cm³/mol. The number of halogens is 1. The molecule has 2 aliphatic rings. The van der Waals surface area contributed by atoms with Gasteiger partial charge in [-0.3, -0.25) is 4.90 Å². The molecule has 1 atom stereocenters. The smallest absolute Gasteiger partial charge is 0.0471 e. The van der Waals surface area contributed by atoms with E-state index in [1.807, 2.05) is 0 Å². The van der Waals surface area contributed by atoms with E-state index in [0.717, 1.165) is 37.2 Å². The first kappa shape index (κ1) is 15.1. The van der Waals surface area contributed by atoms with Crippen molar-refractivity contribution in [3.8, 4) is 0 Å². The van der Waals surface area contributed by atoms with E-state index in [4.69, 9.17) is 11.6 Å². The summed E-state index contributed by atoms with van der Waals surface area (Å²) in [5, 5.41) is 4.22. The molecule has 1 aromatic rings. The SMILES string of the molecule is CCNCc1ccc(N2CCC(N3CCCC3)C2)cc1Cl. The van der Waals surface area contributed by atoms with Crippen molar-refractivity contribution in [2.24, 2.45) is 0 Å². The van der Waals surface area contributed by atoms with E-state index in [9.17, 15) is 0 Å². The molecule has 116 valence electrons. The van der Waals surface area contributed by atoms with Crippen LogP contribution in [0.5, 0.6) is 0 Å². The lowest BCUT2D eigenvalue weighted by molar-refractivity contribution is 0.260. The summed E-state index contributed by atoms with van der Waals surface area (Å²) >= 11 is 6.43. The van der Waals surface area contributed by atoms with Gasteiger partial charge < -0.3 is 10.2 Å². The summed E-state index contributed by atoms with van der Waals surface area (Å²) < 4.78 is 0. The Bertz CT molecular complexity index is 471. The van der Waals surface area contributed by atoms with Crippen molar-refractivity contribution in [3.05, 3.63) is 28.8 Å². The molecule has 2 saturated heterocycles. The molecule has 0 aliphatic carbocycles. The van der Waals surface area contributed by atoms with Crippen molar-refractivity contribution in [1.29, 1.82) is 0 Å². The number of hydrogen-bond acceptors (Lipinski definition) is 3. The minimum absolute atomic E-state index is 0.743. The van der Waals surface area contributed by atoms with E-state index < -0.39 is 0 Å². The molecule has 0 spiro atoms. The van der Waals surface area contributed by atoms with Gasteiger partial charge in [-0.1, -0.05) is 24.6 Å². The van der Waals surface area contributed by atoms with Gasteiger partial charge >= 0.3 is 0 Å². The fraction of sp³-hybridized carbons (Fsp3) is 0.647. The average molecular weight is 308 g/mol. The molecule has 1 unspecified atom stereocenters. The van der Waals surface area contributed by atoms with Crippen molar-refractivity contribution < 1.29 is 0 Å². The van der Waals surface area contributed by atoms with Gasteiger partial charge in [0.05, 0.1) is 0 Å². The van der Waals surface area contributed by atoms with Gasteiger partial charge in [-0.25, -0.2) is 0 Å². The molecule has 3 nitrogen and oxygen atoms in total. The number of likely N-dealkylation sites (tertiary alicyclic amines) is 1. The molecule has 0 saturated carbocycles. The molecule has 1 N–H and O–H groups in total. The zero-order valence-electron chi connectivity index (χ0n) is 12.9. The van der Waals surface area contributed by atoms with Crippen LogP contribution < -0.4 is 10.2 Å². The van der Waals surface area contributed by atoms with E-state index in [1.165, 1.54) is 43.6 Å². The highest BCUT2D eigenvalue weighted by molar-refractivity contribution is 6.31. The average Bonchev–Trinajstić information content (AvgIpc) is 3.16. The quantitative estimate of drug-likeness (QED) is 0.901. The highest BCUT2D eigenvalue weighted by Crippen LogP contribution is 2.28. The van der Waals surface area contributed by atoms with Gasteiger partial charge in [0, 0.05) is 36.4 Å². The van der Waals surface area contributed by atoms with Gasteiger partial charge in [0.2, 0.25) is 0 Å². The Labute approximate surface area is 133 Å². The van der Waals surface area contributed by atoms with Crippen LogP contribution in [0.1, 0.15) is 31.7 Å². The van der Waals surface area contributed by atoms with Crippen LogP contribution >= 0.6 is 11.6 Å². The van der Waals surface area contributed by atoms with E-state index >= 15 is 0 Å². The minimum atomic E-state index is 0.743. The van der Waals surface area contributed by atoms with Crippen LogP contribution in [0.4, 0.5) is 5.69 Å². The van der Waals surface area contributed by atoms with Crippen molar-refractivity contribution in [1.82, 2.24) is 10.2 Å². The molecule has 0 bridgehead atoms. The number of nitrogens with zero attached hydrogens (tertiary/aromatic N) is 2. The molecule has 4 heteroatoms. The lowest BCUT2D eigenvalue weighted by atomic mass is 10.2. The summed E-state index contributed by atoms with van der Waals surface area (Å²) in [7, 11) is 0. The third-order valence-electron chi connectivity index (χ3n) is 4.79. The van der Waals surface area contributed by atoms with Crippen LogP contribution in [0.25, 0.3) is 0 Å². The van der Waals surface area contributed by atoms with E-state index in [2.05, 4.69) is 40.2 Å². The molecule has 0 aromatic heterocycles. The van der Waals surface area contributed by atoms with Crippen LogP contribution in [-0.2, 0) is 6.54 Å². The maximum absolute atomic E-state index is 6.43. The van der Waals surface area contributed by atoms with Crippen LogP contribution in [0.3, 0.4) is 0 Å². The second kappa shape index (κ2) is 6.99. The zero-order valence-corrected chi connectivity index (χ0v) is 13.7. The van der Waals surface area contributed by atoms with Crippen LogP contribution in [0.2, 0.25) is 5.02 Å². The molecular formula is C17H26ClN3. The fourth-order valence-corrected chi connectivity index (χ4v) is 3.76. The van der Waals surface area contributed by atoms with Crippen LogP contribution in [0.15, 0.2) is 18.2 Å². The molecule has 2 fully saturated rings. The van der Waals surface area contributed by atoms with Crippen molar-refractivity contribution in [3.63, 3.8) is 0 Å². The lowest BCUT2D eigenvalue weighted by Gasteiger charge is -2.24. The monoisotopic (exact) mass is 307 g/mol. The number of anilines is 1. The van der Waals surface area contributed by atoms with Crippen molar-refractivity contribution >= 4 is 17.3 Å². The van der Waals surface area contributed by atoms with Crippen molar-refractivity contribution in [2.45, 2.75) is 38.8 Å². The van der Waals surface area contributed by atoms with E-state index in [-0.39, 0.29) is 0 Å². The summed E-state index contributed by atoms with van der Waals surface area (Å²) in [5.74, 6) is 0. The van der Waals surface area contributed by atoms with E-state index in [0.29, 0.717) is 0 Å². The molecule has 21 heavy (non-hydrogen) atoms. The third kappa shape index (κ3) is 3.53. The largest absolute Gasteiger partial charge is 0.370 e. The Kier molecular flexibility index (Phi) is 5.04. The maximum Gasteiger partial charge on any atom is 0.0471 e. The van der Waals surface area contributed by atoms with Gasteiger partial charge in [-0.15, -0.1) is 0 Å². The number of nitrogens with one attached hydrogen (secondary N) is 1. The molecular weight excluding hydrogens is 282 g/mol. The predicted octanol–water partition coefficient (Wildman–Crippen LogP) is 3.12. The summed E-state index contributed by atoms with van der Waals surface area (Å²) in [4.78, 5) is 5.16. The molecule has 0 radical (unpaired) electrons. The molecule has 3 rings (SSSR count). The van der Waals surface area contributed by atoms with Gasteiger partial charge in [0.15, 0.2) is 0 Å². The molecule has 0 amide bonds. The first-order valence-electron chi connectivity index (χ1n) is 8.26. The zero-order chi connectivity index (χ0) is 14.7. The minimum Gasteiger partial charge on any atom is -0.370 e. The first-order valence-corrected chi connectivity index (χ1v) is 8.64. The topological polar surface area (TPSA) is 18.5 Å². The van der Waals surface area contributed by atoms with Gasteiger partial charge in [-0.05, 0) is 56.6 Å². The number of benzene rings is 1. The Morgan fingerprint density at radius 3 is 2.76 bits per heavy atom. The Morgan fingerprint density at radius 2 is 2.05 bits per heavy atom. The summed E-state index contributed by atoms with van der Waals surface area (Å²) in [5.41, 5.74) is 2.47. The number of rotatable bonds is 5. The second-order valence-electron chi connectivity index (χ2n) is 6.19. The van der Waals surface area contributed by atoms with Crippen molar-refractivity contribution in [2.75, 3.05) is 37.6 Å². The Balaban J connectivity index is 1.63. The normalized spacial score (nSPS) is 23.1. The first-order chi connectivity index (χ1) is 10.3. The second-order valence-corrected chi connectivity index (χ2v) is 6.59. The van der Waals surface area contributed by atoms with Gasteiger partial charge in [0.1, 0.15) is 0 Å². The standard InChI is InChI=1S/C17H26ClN3/c1-2-19-12-14-5-6-15(11-17(14)18)21-10-7-16(13-21)20-8-3-4-9-20/h5-6,11,16,19H,2-4,7-10,12-13H2,1H3. The Hall–Kier alpha value is -0.770. The van der Waals surface area contributed by atoms with Crippen LogP contribution in [-0.4, -0.2) is 43.7 Å². The lowest BCUT2D eigenvalue weighted by Crippen LogP contribution is -2.35. The third-order valence-corrected chi connectivity index (χ3v) is 5.14. The molecule has 1 aromatic carbocycles.